The van der Waals surface area contributed by atoms with Crippen LogP contribution in [0.1, 0.15) is 38.5 Å². The summed E-state index contributed by atoms with van der Waals surface area (Å²) in [6.07, 6.45) is 11.4. The molecular weight excluding hydrogens is 303 g/mol. The minimum Gasteiger partial charge on any atom is -0.460 e. The van der Waals surface area contributed by atoms with Crippen LogP contribution in [0.25, 0.3) is 0 Å². The van der Waals surface area contributed by atoms with E-state index in [1.165, 1.54) is 25.7 Å². The maximum absolute atomic E-state index is 5.76. The first-order valence-electron chi connectivity index (χ1n) is 5.49. The molecule has 0 saturated heterocycles. The maximum Gasteiger partial charge on any atom is 0.316 e. The van der Waals surface area contributed by atoms with Crippen LogP contribution >= 0.6 is 22.6 Å². The van der Waals surface area contributed by atoms with Crippen LogP contribution in [0.5, 0.6) is 6.01 Å². The first kappa shape index (κ1) is 11.1. The highest BCUT2D eigenvalue weighted by Gasteiger charge is 2.14. The molecule has 0 radical (unpaired) electrons. The molecule has 0 atom stereocenters. The Hall–Kier alpha value is -0.390. The number of ether oxygens (including phenoxy) is 1. The van der Waals surface area contributed by atoms with Crippen LogP contribution in [0.3, 0.4) is 0 Å². The summed E-state index contributed by atoms with van der Waals surface area (Å²) in [5.74, 6) is 0. The first-order chi connectivity index (χ1) is 7.34. The maximum atomic E-state index is 5.76. The fraction of sp³-hybridized carbons (Fsp3) is 0.636. The lowest BCUT2D eigenvalue weighted by atomic mass is 10.2. The van der Waals surface area contributed by atoms with Gasteiger partial charge in [-0.05, 0) is 48.3 Å². The largest absolute Gasteiger partial charge is 0.460 e. The number of halogens is 1. The van der Waals surface area contributed by atoms with E-state index >= 15 is 0 Å². The van der Waals surface area contributed by atoms with Gasteiger partial charge in [-0.1, -0.05) is 12.8 Å². The smallest absolute Gasteiger partial charge is 0.316 e. The van der Waals surface area contributed by atoms with Crippen LogP contribution in [-0.2, 0) is 0 Å². The predicted molar refractivity (Wildman–Crippen MR) is 66.9 cm³/mol. The molecule has 0 amide bonds. The van der Waals surface area contributed by atoms with Gasteiger partial charge in [0.1, 0.15) is 6.10 Å². The Morgan fingerprint density at radius 3 is 2.27 bits per heavy atom. The molecule has 15 heavy (non-hydrogen) atoms. The zero-order valence-corrected chi connectivity index (χ0v) is 10.8. The molecule has 0 aliphatic heterocycles. The number of hydrogen-bond donors (Lipinski definition) is 0. The molecule has 1 aliphatic carbocycles. The predicted octanol–water partition coefficient (Wildman–Crippen LogP) is 3.18. The minimum absolute atomic E-state index is 0.326. The lowest BCUT2D eigenvalue weighted by molar-refractivity contribution is 0.168. The van der Waals surface area contributed by atoms with Gasteiger partial charge in [-0.2, -0.15) is 0 Å². The molecule has 1 saturated carbocycles. The van der Waals surface area contributed by atoms with E-state index in [2.05, 4.69) is 32.6 Å². The topological polar surface area (TPSA) is 35.0 Å². The molecule has 1 aliphatic rings. The van der Waals surface area contributed by atoms with Crippen LogP contribution < -0.4 is 4.74 Å². The fourth-order valence-corrected chi connectivity index (χ4v) is 2.15. The third-order valence-electron chi connectivity index (χ3n) is 2.67. The van der Waals surface area contributed by atoms with Gasteiger partial charge in [0.15, 0.2) is 0 Å². The van der Waals surface area contributed by atoms with E-state index in [1.807, 2.05) is 0 Å². The van der Waals surface area contributed by atoms with E-state index in [0.717, 1.165) is 16.4 Å². The zero-order chi connectivity index (χ0) is 10.5. The average Bonchev–Trinajstić information content (AvgIpc) is 2.50. The number of hydrogen-bond acceptors (Lipinski definition) is 3. The van der Waals surface area contributed by atoms with Crippen molar-refractivity contribution < 1.29 is 4.74 Å². The molecule has 82 valence electrons. The average molecular weight is 318 g/mol. The summed E-state index contributed by atoms with van der Waals surface area (Å²) in [5, 5.41) is 0. The van der Waals surface area contributed by atoms with Crippen molar-refractivity contribution in [1.82, 2.24) is 9.97 Å². The van der Waals surface area contributed by atoms with Crippen LogP contribution in [0.15, 0.2) is 12.4 Å². The second-order valence-electron chi connectivity index (χ2n) is 3.92. The van der Waals surface area contributed by atoms with Crippen LogP contribution in [-0.4, -0.2) is 16.1 Å². The molecule has 4 heteroatoms. The Bertz CT molecular complexity index is 294. The summed E-state index contributed by atoms with van der Waals surface area (Å²) in [7, 11) is 0. The molecule has 1 fully saturated rings. The number of aromatic nitrogens is 2. The van der Waals surface area contributed by atoms with Gasteiger partial charge in [0.2, 0.25) is 0 Å². The van der Waals surface area contributed by atoms with Crippen LogP contribution in [0.4, 0.5) is 0 Å². The Morgan fingerprint density at radius 2 is 1.67 bits per heavy atom. The zero-order valence-electron chi connectivity index (χ0n) is 8.66. The van der Waals surface area contributed by atoms with E-state index in [9.17, 15) is 0 Å². The van der Waals surface area contributed by atoms with Crippen LogP contribution in [0, 0.1) is 3.57 Å². The molecule has 1 aromatic heterocycles. The van der Waals surface area contributed by atoms with Gasteiger partial charge in [0.05, 0.1) is 0 Å². The van der Waals surface area contributed by atoms with Crippen molar-refractivity contribution in [1.29, 1.82) is 0 Å². The molecule has 1 aromatic rings. The Labute approximate surface area is 104 Å². The Morgan fingerprint density at radius 1 is 1.07 bits per heavy atom. The normalized spacial score (nSPS) is 18.5. The minimum atomic E-state index is 0.326. The Kier molecular flexibility index (Phi) is 4.17. The van der Waals surface area contributed by atoms with Gasteiger partial charge in [-0.15, -0.1) is 0 Å². The second-order valence-corrected chi connectivity index (χ2v) is 5.16. The monoisotopic (exact) mass is 318 g/mol. The van der Waals surface area contributed by atoms with Gasteiger partial charge >= 0.3 is 6.01 Å². The van der Waals surface area contributed by atoms with Gasteiger partial charge in [0, 0.05) is 16.0 Å². The highest BCUT2D eigenvalue weighted by atomic mass is 127. The highest BCUT2D eigenvalue weighted by Crippen LogP contribution is 2.20. The van der Waals surface area contributed by atoms with E-state index in [-0.39, 0.29) is 0 Å². The SMILES string of the molecule is Ic1cnc(OC2CCCCCC2)nc1. The van der Waals surface area contributed by atoms with Gasteiger partial charge in [-0.3, -0.25) is 0 Å². The van der Waals surface area contributed by atoms with Crippen molar-refractivity contribution in [2.24, 2.45) is 0 Å². The van der Waals surface area contributed by atoms with E-state index in [0.29, 0.717) is 12.1 Å². The second kappa shape index (κ2) is 5.63. The summed E-state index contributed by atoms with van der Waals surface area (Å²) in [6.45, 7) is 0. The van der Waals surface area contributed by atoms with Gasteiger partial charge in [-0.25, -0.2) is 9.97 Å². The summed E-state index contributed by atoms with van der Waals surface area (Å²) in [6, 6.07) is 0.530. The Balaban J connectivity index is 1.92. The van der Waals surface area contributed by atoms with E-state index in [1.54, 1.807) is 12.4 Å². The first-order valence-corrected chi connectivity index (χ1v) is 6.57. The third-order valence-corrected chi connectivity index (χ3v) is 3.23. The van der Waals surface area contributed by atoms with Gasteiger partial charge < -0.3 is 4.74 Å². The van der Waals surface area contributed by atoms with E-state index < -0.39 is 0 Å². The summed E-state index contributed by atoms with van der Waals surface area (Å²) >= 11 is 2.19. The molecule has 1 heterocycles. The number of rotatable bonds is 2. The lowest BCUT2D eigenvalue weighted by Crippen LogP contribution is -2.16. The van der Waals surface area contributed by atoms with Crippen molar-refractivity contribution in [2.75, 3.05) is 0 Å². The molecular formula is C11H15IN2O. The fourth-order valence-electron chi connectivity index (χ4n) is 1.87. The van der Waals surface area contributed by atoms with Crippen LogP contribution in [0.2, 0.25) is 0 Å². The molecule has 0 bridgehead atoms. The molecule has 0 spiro atoms. The molecule has 0 N–H and O–H groups in total. The molecule has 0 aromatic carbocycles. The third kappa shape index (κ3) is 3.59. The quantitative estimate of drug-likeness (QED) is 0.620. The van der Waals surface area contributed by atoms with Crippen molar-refractivity contribution in [3.63, 3.8) is 0 Å². The summed E-state index contributed by atoms with van der Waals surface area (Å²) in [5.41, 5.74) is 0. The van der Waals surface area contributed by atoms with Crippen molar-refractivity contribution in [2.45, 2.75) is 44.6 Å². The molecule has 0 unspecified atom stereocenters. The highest BCUT2D eigenvalue weighted by molar-refractivity contribution is 14.1. The van der Waals surface area contributed by atoms with Crippen molar-refractivity contribution >= 4 is 22.6 Å². The van der Waals surface area contributed by atoms with Gasteiger partial charge in [0.25, 0.3) is 0 Å². The van der Waals surface area contributed by atoms with E-state index in [4.69, 9.17) is 4.74 Å². The number of nitrogens with zero attached hydrogens (tertiary/aromatic N) is 2. The van der Waals surface area contributed by atoms with Crippen molar-refractivity contribution in [3.05, 3.63) is 16.0 Å². The lowest BCUT2D eigenvalue weighted by Gasteiger charge is -2.14. The summed E-state index contributed by atoms with van der Waals surface area (Å²) in [4.78, 5) is 8.32. The standard InChI is InChI=1S/C11H15IN2O/c12-9-7-13-11(14-8-9)15-10-5-3-1-2-4-6-10/h7-8,10H,1-6H2. The molecule has 3 nitrogen and oxygen atoms in total. The van der Waals surface area contributed by atoms with Crippen molar-refractivity contribution in [3.8, 4) is 6.01 Å². The molecule has 2 rings (SSSR count). The summed E-state index contributed by atoms with van der Waals surface area (Å²) < 4.78 is 6.81.